The standard InChI is InChI=1S/C23H29Cl2N3O4S/c1-5-12-26-23(30)17(3)27(14-18-9-7-6-8-16(18)2)22(29)15-28(33(4,31)32)19-10-11-20(24)21(25)13-19/h6-11,13,17H,5,12,14-15H2,1-4H3,(H,26,30). The number of rotatable bonds is 10. The molecule has 0 heterocycles. The van der Waals surface area contributed by atoms with E-state index in [-0.39, 0.29) is 28.2 Å². The Morgan fingerprint density at radius 2 is 1.76 bits per heavy atom. The number of sulfonamides is 1. The van der Waals surface area contributed by atoms with Gasteiger partial charge in [0.25, 0.3) is 0 Å². The van der Waals surface area contributed by atoms with Gasteiger partial charge in [-0.15, -0.1) is 0 Å². The summed E-state index contributed by atoms with van der Waals surface area (Å²) < 4.78 is 26.0. The van der Waals surface area contributed by atoms with Gasteiger partial charge in [-0.2, -0.15) is 0 Å². The van der Waals surface area contributed by atoms with Crippen LogP contribution in [0.1, 0.15) is 31.4 Å². The van der Waals surface area contributed by atoms with Crippen molar-refractivity contribution in [3.05, 3.63) is 63.6 Å². The Bertz CT molecular complexity index is 1110. The van der Waals surface area contributed by atoms with Crippen molar-refractivity contribution in [2.24, 2.45) is 0 Å². The summed E-state index contributed by atoms with van der Waals surface area (Å²) in [5, 5.41) is 3.23. The van der Waals surface area contributed by atoms with Gasteiger partial charge in [0.05, 0.1) is 22.0 Å². The summed E-state index contributed by atoms with van der Waals surface area (Å²) in [6.45, 7) is 5.62. The number of hydrogen-bond acceptors (Lipinski definition) is 4. The Morgan fingerprint density at radius 3 is 2.33 bits per heavy atom. The lowest BCUT2D eigenvalue weighted by Crippen LogP contribution is -2.51. The molecule has 0 bridgehead atoms. The predicted molar refractivity (Wildman–Crippen MR) is 133 cm³/mol. The van der Waals surface area contributed by atoms with E-state index >= 15 is 0 Å². The van der Waals surface area contributed by atoms with Gasteiger partial charge in [0.2, 0.25) is 21.8 Å². The second kappa shape index (κ2) is 11.7. The monoisotopic (exact) mass is 513 g/mol. The molecule has 180 valence electrons. The minimum Gasteiger partial charge on any atom is -0.354 e. The third-order valence-electron chi connectivity index (χ3n) is 5.19. The molecule has 0 aromatic heterocycles. The number of carbonyl (C=O) groups excluding carboxylic acids is 2. The molecule has 2 aromatic rings. The molecular formula is C23H29Cl2N3O4S. The van der Waals surface area contributed by atoms with Gasteiger partial charge in [-0.05, 0) is 49.6 Å². The summed E-state index contributed by atoms with van der Waals surface area (Å²) in [6, 6.07) is 11.1. The summed E-state index contributed by atoms with van der Waals surface area (Å²) >= 11 is 12.0. The molecule has 1 atom stereocenters. The van der Waals surface area contributed by atoms with E-state index in [1.807, 2.05) is 38.1 Å². The molecule has 1 N–H and O–H groups in total. The quantitative estimate of drug-likeness (QED) is 0.519. The fourth-order valence-electron chi connectivity index (χ4n) is 3.20. The Hall–Kier alpha value is -2.29. The fraction of sp³-hybridized carbons (Fsp3) is 0.391. The van der Waals surface area contributed by atoms with Gasteiger partial charge in [0.1, 0.15) is 12.6 Å². The zero-order valence-corrected chi connectivity index (χ0v) is 21.5. The second-order valence-corrected chi connectivity index (χ2v) is 10.5. The van der Waals surface area contributed by atoms with E-state index in [0.29, 0.717) is 6.54 Å². The largest absolute Gasteiger partial charge is 0.354 e. The molecule has 0 radical (unpaired) electrons. The first-order valence-electron chi connectivity index (χ1n) is 10.5. The topological polar surface area (TPSA) is 86.8 Å². The fourth-order valence-corrected chi connectivity index (χ4v) is 4.34. The first-order chi connectivity index (χ1) is 15.5. The van der Waals surface area contributed by atoms with Crippen LogP contribution in [0.3, 0.4) is 0 Å². The second-order valence-electron chi connectivity index (χ2n) is 7.78. The molecule has 2 amide bonds. The van der Waals surface area contributed by atoms with E-state index in [9.17, 15) is 18.0 Å². The smallest absolute Gasteiger partial charge is 0.244 e. The number of amides is 2. The maximum Gasteiger partial charge on any atom is 0.244 e. The third-order valence-corrected chi connectivity index (χ3v) is 7.07. The van der Waals surface area contributed by atoms with E-state index in [0.717, 1.165) is 28.1 Å². The van der Waals surface area contributed by atoms with Gasteiger partial charge < -0.3 is 10.2 Å². The van der Waals surface area contributed by atoms with E-state index in [4.69, 9.17) is 23.2 Å². The van der Waals surface area contributed by atoms with Crippen LogP contribution in [0, 0.1) is 6.92 Å². The Balaban J connectivity index is 2.40. The molecule has 0 aliphatic carbocycles. The molecule has 0 spiro atoms. The van der Waals surface area contributed by atoms with Crippen molar-refractivity contribution in [3.63, 3.8) is 0 Å². The lowest BCUT2D eigenvalue weighted by Gasteiger charge is -2.32. The highest BCUT2D eigenvalue weighted by Gasteiger charge is 2.30. The minimum atomic E-state index is -3.83. The number of carbonyl (C=O) groups is 2. The minimum absolute atomic E-state index is 0.158. The average molecular weight is 514 g/mol. The highest BCUT2D eigenvalue weighted by molar-refractivity contribution is 7.92. The van der Waals surface area contributed by atoms with Crippen molar-refractivity contribution >= 4 is 50.7 Å². The zero-order chi connectivity index (χ0) is 24.8. The highest BCUT2D eigenvalue weighted by Crippen LogP contribution is 2.28. The van der Waals surface area contributed by atoms with Crippen molar-refractivity contribution in [1.29, 1.82) is 0 Å². The number of halogens is 2. The molecule has 2 aromatic carbocycles. The predicted octanol–water partition coefficient (Wildman–Crippen LogP) is 4.01. The third kappa shape index (κ3) is 7.35. The summed E-state index contributed by atoms with van der Waals surface area (Å²) in [5.74, 6) is -0.826. The molecule has 0 aliphatic heterocycles. The number of nitrogens with one attached hydrogen (secondary N) is 1. The molecule has 1 unspecified atom stereocenters. The molecular weight excluding hydrogens is 485 g/mol. The molecule has 33 heavy (non-hydrogen) atoms. The van der Waals surface area contributed by atoms with Gasteiger partial charge in [0.15, 0.2) is 0 Å². The number of aryl methyl sites for hydroxylation is 1. The molecule has 7 nitrogen and oxygen atoms in total. The molecule has 0 fully saturated rings. The molecule has 0 saturated carbocycles. The van der Waals surface area contributed by atoms with Crippen molar-refractivity contribution < 1.29 is 18.0 Å². The first kappa shape index (κ1) is 27.0. The van der Waals surface area contributed by atoms with Crippen LogP contribution < -0.4 is 9.62 Å². The maximum atomic E-state index is 13.4. The number of nitrogens with zero attached hydrogens (tertiary/aromatic N) is 2. The van der Waals surface area contributed by atoms with E-state index < -0.39 is 28.5 Å². The number of hydrogen-bond donors (Lipinski definition) is 1. The van der Waals surface area contributed by atoms with Crippen LogP contribution in [0.4, 0.5) is 5.69 Å². The van der Waals surface area contributed by atoms with Gasteiger partial charge >= 0.3 is 0 Å². The zero-order valence-electron chi connectivity index (χ0n) is 19.1. The molecule has 2 rings (SSSR count). The number of benzene rings is 2. The van der Waals surface area contributed by atoms with Crippen LogP contribution in [-0.2, 0) is 26.2 Å². The highest BCUT2D eigenvalue weighted by atomic mass is 35.5. The Labute approximate surface area is 205 Å². The summed E-state index contributed by atoms with van der Waals surface area (Å²) in [6.07, 6.45) is 1.76. The normalized spacial score (nSPS) is 12.2. The van der Waals surface area contributed by atoms with Crippen LogP contribution in [0.2, 0.25) is 10.0 Å². The average Bonchev–Trinajstić information content (AvgIpc) is 2.75. The summed E-state index contributed by atoms with van der Waals surface area (Å²) in [5.41, 5.74) is 2.03. The van der Waals surface area contributed by atoms with Crippen molar-refractivity contribution in [1.82, 2.24) is 10.2 Å². The number of anilines is 1. The lowest BCUT2D eigenvalue weighted by molar-refractivity contribution is -0.139. The Morgan fingerprint density at radius 1 is 1.09 bits per heavy atom. The van der Waals surface area contributed by atoms with Crippen LogP contribution in [0.5, 0.6) is 0 Å². The van der Waals surface area contributed by atoms with Crippen molar-refractivity contribution in [3.8, 4) is 0 Å². The van der Waals surface area contributed by atoms with E-state index in [1.165, 1.54) is 23.1 Å². The van der Waals surface area contributed by atoms with Crippen LogP contribution in [0.25, 0.3) is 0 Å². The van der Waals surface area contributed by atoms with Crippen LogP contribution in [0.15, 0.2) is 42.5 Å². The van der Waals surface area contributed by atoms with Gasteiger partial charge in [-0.25, -0.2) is 8.42 Å². The summed E-state index contributed by atoms with van der Waals surface area (Å²) in [4.78, 5) is 27.5. The van der Waals surface area contributed by atoms with E-state index in [1.54, 1.807) is 6.92 Å². The molecule has 0 saturated heterocycles. The van der Waals surface area contributed by atoms with Crippen LogP contribution >= 0.6 is 23.2 Å². The van der Waals surface area contributed by atoms with Crippen LogP contribution in [-0.4, -0.2) is 50.5 Å². The first-order valence-corrected chi connectivity index (χ1v) is 13.1. The van der Waals surface area contributed by atoms with Crippen molar-refractivity contribution in [2.75, 3.05) is 23.7 Å². The van der Waals surface area contributed by atoms with Gasteiger partial charge in [-0.1, -0.05) is 54.4 Å². The van der Waals surface area contributed by atoms with Crippen molar-refractivity contribution in [2.45, 2.75) is 39.8 Å². The lowest BCUT2D eigenvalue weighted by atomic mass is 10.1. The van der Waals surface area contributed by atoms with Gasteiger partial charge in [0, 0.05) is 13.1 Å². The van der Waals surface area contributed by atoms with E-state index in [2.05, 4.69) is 5.32 Å². The Kier molecular flexibility index (Phi) is 9.57. The SMILES string of the molecule is CCCNC(=O)C(C)N(Cc1ccccc1C)C(=O)CN(c1ccc(Cl)c(Cl)c1)S(C)(=O)=O. The molecule has 0 aliphatic rings. The maximum absolute atomic E-state index is 13.4. The molecule has 10 heteroatoms. The summed E-state index contributed by atoms with van der Waals surface area (Å²) in [7, 11) is -3.83. The van der Waals surface area contributed by atoms with Gasteiger partial charge in [-0.3, -0.25) is 13.9 Å².